The van der Waals surface area contributed by atoms with Gasteiger partial charge in [-0.05, 0) is 72.0 Å². The van der Waals surface area contributed by atoms with Gasteiger partial charge in [-0.3, -0.25) is 0 Å². The van der Waals surface area contributed by atoms with E-state index < -0.39 is 0 Å². The van der Waals surface area contributed by atoms with Crippen LogP contribution in [0, 0.1) is 0 Å². The lowest BCUT2D eigenvalue weighted by Gasteiger charge is -2.29. The van der Waals surface area contributed by atoms with Crippen molar-refractivity contribution < 1.29 is 0 Å². The highest BCUT2D eigenvalue weighted by Gasteiger charge is 2.38. The van der Waals surface area contributed by atoms with E-state index >= 15 is 0 Å². The van der Waals surface area contributed by atoms with E-state index in [1.165, 1.54) is 55.6 Å². The molecule has 5 aromatic rings. The van der Waals surface area contributed by atoms with Crippen LogP contribution in [0.15, 0.2) is 134 Å². The number of rotatable bonds is 3. The minimum Gasteiger partial charge on any atom is -0.333 e. The van der Waals surface area contributed by atoms with Crippen LogP contribution < -0.4 is 4.90 Å². The Bertz CT molecular complexity index is 1830. The highest BCUT2D eigenvalue weighted by molar-refractivity contribution is 6.11. The predicted molar refractivity (Wildman–Crippen MR) is 161 cm³/mol. The van der Waals surface area contributed by atoms with Gasteiger partial charge in [0.15, 0.2) is 0 Å². The maximum atomic E-state index is 2.49. The third kappa shape index (κ3) is 3.20. The zero-order valence-electron chi connectivity index (χ0n) is 21.2. The van der Waals surface area contributed by atoms with Crippen LogP contribution in [0.3, 0.4) is 0 Å². The Balaban J connectivity index is 1.25. The molecule has 2 aliphatic carbocycles. The van der Waals surface area contributed by atoms with Crippen molar-refractivity contribution >= 4 is 44.5 Å². The predicted octanol–water partition coefficient (Wildman–Crippen LogP) is 9.24. The Morgan fingerprint density at radius 2 is 1.50 bits per heavy atom. The second-order valence-electron chi connectivity index (χ2n) is 10.5. The summed E-state index contributed by atoms with van der Waals surface area (Å²) in [6.07, 6.45) is 16.4. The largest absolute Gasteiger partial charge is 0.333 e. The molecule has 2 heteroatoms. The Labute approximate surface area is 223 Å². The number of hydrogen-bond acceptors (Lipinski definition) is 1. The summed E-state index contributed by atoms with van der Waals surface area (Å²) in [4.78, 5) is 2.49. The van der Waals surface area contributed by atoms with Crippen LogP contribution >= 0.6 is 0 Å². The summed E-state index contributed by atoms with van der Waals surface area (Å²) in [6, 6.07) is 35.8. The molecule has 0 amide bonds. The van der Waals surface area contributed by atoms with Crippen molar-refractivity contribution in [1.29, 1.82) is 0 Å². The summed E-state index contributed by atoms with van der Waals surface area (Å²) >= 11 is 0. The van der Waals surface area contributed by atoms with Gasteiger partial charge < -0.3 is 9.47 Å². The minimum absolute atomic E-state index is 0.286. The number of nitrogens with zero attached hydrogens (tertiary/aromatic N) is 2. The zero-order valence-corrected chi connectivity index (χ0v) is 21.2. The molecule has 0 fully saturated rings. The van der Waals surface area contributed by atoms with Crippen LogP contribution in [-0.2, 0) is 0 Å². The van der Waals surface area contributed by atoms with E-state index in [2.05, 4.69) is 143 Å². The molecule has 3 aliphatic rings. The van der Waals surface area contributed by atoms with Crippen molar-refractivity contribution in [2.24, 2.45) is 0 Å². The first kappa shape index (κ1) is 21.5. The third-order valence-corrected chi connectivity index (χ3v) is 8.33. The highest BCUT2D eigenvalue weighted by atomic mass is 15.2. The molecule has 182 valence electrons. The van der Waals surface area contributed by atoms with Crippen LogP contribution in [0.4, 0.5) is 11.4 Å². The first-order chi connectivity index (χ1) is 18.9. The van der Waals surface area contributed by atoms with E-state index in [0.717, 1.165) is 12.8 Å². The summed E-state index contributed by atoms with van der Waals surface area (Å²) in [6.45, 7) is 0. The second-order valence-corrected chi connectivity index (χ2v) is 10.5. The summed E-state index contributed by atoms with van der Waals surface area (Å²) in [5.74, 6) is 0.320. The molecule has 0 spiro atoms. The number of para-hydroxylation sites is 3. The van der Waals surface area contributed by atoms with Crippen LogP contribution in [0.5, 0.6) is 0 Å². The van der Waals surface area contributed by atoms with Crippen molar-refractivity contribution in [3.8, 4) is 0 Å². The molecule has 1 aliphatic heterocycles. The smallest absolute Gasteiger partial charge is 0.0630 e. The molecule has 2 unspecified atom stereocenters. The molecule has 1 aromatic heterocycles. The van der Waals surface area contributed by atoms with Crippen molar-refractivity contribution in [2.45, 2.75) is 24.8 Å². The second kappa shape index (κ2) is 8.49. The van der Waals surface area contributed by atoms with Gasteiger partial charge in [0.25, 0.3) is 0 Å². The van der Waals surface area contributed by atoms with E-state index in [1.807, 2.05) is 0 Å². The van der Waals surface area contributed by atoms with Gasteiger partial charge in [-0.15, -0.1) is 0 Å². The van der Waals surface area contributed by atoms with Gasteiger partial charge in [0.2, 0.25) is 0 Å². The molecule has 0 N–H and O–H groups in total. The lowest BCUT2D eigenvalue weighted by atomic mass is 9.86. The standard InChI is InChI=1S/C36H28N2/c1-3-11-27(12-4-1)37-33-17-9-7-15-29(33)31-23-25(19-21-35(31)37)26-20-22-36-32(24-26)30-16-8-10-18-34(30)38(36)28-13-5-2-6-14-28/h1,3-5,7-24,31,35H,2,6H2. The van der Waals surface area contributed by atoms with E-state index in [4.69, 9.17) is 0 Å². The average Bonchev–Trinajstić information content (AvgIpc) is 3.50. The van der Waals surface area contributed by atoms with Crippen LogP contribution in [0.1, 0.15) is 29.9 Å². The molecule has 4 aromatic carbocycles. The lowest BCUT2D eigenvalue weighted by molar-refractivity contribution is 0.747. The summed E-state index contributed by atoms with van der Waals surface area (Å²) in [5, 5.41) is 2.62. The fourth-order valence-corrected chi connectivity index (χ4v) is 6.63. The fourth-order valence-electron chi connectivity index (χ4n) is 6.63. The first-order valence-electron chi connectivity index (χ1n) is 13.6. The zero-order chi connectivity index (χ0) is 25.1. The van der Waals surface area contributed by atoms with E-state index in [1.54, 1.807) is 0 Å². The van der Waals surface area contributed by atoms with Crippen molar-refractivity contribution in [2.75, 3.05) is 4.90 Å². The van der Waals surface area contributed by atoms with Crippen LogP contribution in [-0.4, -0.2) is 10.6 Å². The lowest BCUT2D eigenvalue weighted by Crippen LogP contribution is -2.28. The molecule has 38 heavy (non-hydrogen) atoms. The number of benzene rings is 4. The van der Waals surface area contributed by atoms with Crippen molar-refractivity contribution in [1.82, 2.24) is 4.57 Å². The average molecular weight is 489 g/mol. The van der Waals surface area contributed by atoms with Gasteiger partial charge in [-0.25, -0.2) is 0 Å². The van der Waals surface area contributed by atoms with E-state index in [0.29, 0.717) is 5.92 Å². The Morgan fingerprint density at radius 3 is 2.39 bits per heavy atom. The maximum Gasteiger partial charge on any atom is 0.0630 e. The molecule has 2 heterocycles. The van der Waals surface area contributed by atoms with Gasteiger partial charge in [-0.2, -0.15) is 0 Å². The number of aromatic nitrogens is 1. The molecule has 0 radical (unpaired) electrons. The molecule has 0 bridgehead atoms. The summed E-state index contributed by atoms with van der Waals surface area (Å²) in [5.41, 5.74) is 10.3. The van der Waals surface area contributed by atoms with E-state index in [-0.39, 0.29) is 6.04 Å². The van der Waals surface area contributed by atoms with Crippen LogP contribution in [0.25, 0.3) is 33.1 Å². The van der Waals surface area contributed by atoms with Gasteiger partial charge in [0, 0.05) is 33.8 Å². The highest BCUT2D eigenvalue weighted by Crippen LogP contribution is 2.49. The van der Waals surface area contributed by atoms with Gasteiger partial charge in [0.05, 0.1) is 17.1 Å². The Kier molecular flexibility index (Phi) is 4.81. The fraction of sp³-hybridized carbons (Fsp3) is 0.111. The van der Waals surface area contributed by atoms with Gasteiger partial charge in [-0.1, -0.05) is 91.0 Å². The third-order valence-electron chi connectivity index (χ3n) is 8.33. The maximum absolute atomic E-state index is 2.49. The molecule has 8 rings (SSSR count). The Hall–Kier alpha value is -4.56. The molecule has 2 atom stereocenters. The molecular formula is C36H28N2. The minimum atomic E-state index is 0.286. The monoisotopic (exact) mass is 488 g/mol. The summed E-state index contributed by atoms with van der Waals surface area (Å²) in [7, 11) is 0. The first-order valence-corrected chi connectivity index (χ1v) is 13.6. The Morgan fingerprint density at radius 1 is 0.684 bits per heavy atom. The van der Waals surface area contributed by atoms with Gasteiger partial charge >= 0.3 is 0 Å². The van der Waals surface area contributed by atoms with Crippen molar-refractivity contribution in [3.63, 3.8) is 0 Å². The molecule has 2 nitrogen and oxygen atoms in total. The van der Waals surface area contributed by atoms with Crippen LogP contribution in [0.2, 0.25) is 0 Å². The normalized spacial score (nSPS) is 19.9. The topological polar surface area (TPSA) is 8.17 Å². The summed E-state index contributed by atoms with van der Waals surface area (Å²) < 4.78 is 2.43. The quantitative estimate of drug-likeness (QED) is 0.246. The number of allylic oxidation sites excluding steroid dienone is 6. The number of hydrogen-bond donors (Lipinski definition) is 0. The van der Waals surface area contributed by atoms with Gasteiger partial charge in [0.1, 0.15) is 0 Å². The number of fused-ring (bicyclic) bond motifs is 6. The SMILES string of the molecule is C1=CC(n2c3ccccc3c3cc(C4=CC5c6ccccc6N(c6ccccc6)C5C=C4)ccc32)=CCC1. The van der Waals surface area contributed by atoms with E-state index in [9.17, 15) is 0 Å². The number of anilines is 2. The molecule has 0 saturated heterocycles. The van der Waals surface area contributed by atoms with Crippen molar-refractivity contribution in [3.05, 3.63) is 145 Å². The molecular weight excluding hydrogens is 460 g/mol. The molecule has 0 saturated carbocycles.